The Morgan fingerprint density at radius 3 is 2.89 bits per heavy atom. The van der Waals surface area contributed by atoms with E-state index in [1.165, 1.54) is 22.7 Å². The molecule has 4 nitrogen and oxygen atoms in total. The first-order chi connectivity index (χ1) is 13.0. The average Bonchev–Trinajstić information content (AvgIpc) is 2.64. The van der Waals surface area contributed by atoms with Gasteiger partial charge in [0.05, 0.1) is 10.9 Å². The lowest BCUT2D eigenvalue weighted by atomic mass is 10.1. The van der Waals surface area contributed by atoms with Crippen LogP contribution in [0.3, 0.4) is 0 Å². The Hall–Kier alpha value is -2.12. The molecule has 0 aliphatic carbocycles. The van der Waals surface area contributed by atoms with E-state index in [1.807, 2.05) is 24.3 Å². The highest BCUT2D eigenvalue weighted by molar-refractivity contribution is 9.10. The van der Waals surface area contributed by atoms with Crippen LogP contribution in [0.4, 0.5) is 10.1 Å². The number of nitrogens with one attached hydrogen (secondary N) is 1. The molecule has 27 heavy (non-hydrogen) atoms. The summed E-state index contributed by atoms with van der Waals surface area (Å²) in [4.78, 5) is 27.6. The van der Waals surface area contributed by atoms with Gasteiger partial charge >= 0.3 is 0 Å². The average molecular weight is 449 g/mol. The van der Waals surface area contributed by atoms with Gasteiger partial charge in [-0.05, 0) is 30.3 Å². The third-order valence-electron chi connectivity index (χ3n) is 4.14. The number of carbonyl (C=O) groups is 2. The molecule has 0 bridgehead atoms. The highest BCUT2D eigenvalue weighted by Crippen LogP contribution is 2.36. The number of nitrogens with zero attached hydrogens (tertiary/aromatic N) is 1. The number of thioether (sulfide) groups is 1. The number of hydrogen-bond acceptors (Lipinski definition) is 3. The lowest BCUT2D eigenvalue weighted by molar-refractivity contribution is -0.132. The van der Waals surface area contributed by atoms with Gasteiger partial charge in [-0.2, -0.15) is 0 Å². The maximum Gasteiger partial charge on any atom is 0.238 e. The zero-order valence-corrected chi connectivity index (χ0v) is 16.9. The first-order valence-electron chi connectivity index (χ1n) is 8.37. The van der Waals surface area contributed by atoms with Gasteiger partial charge in [0.15, 0.2) is 0 Å². The summed E-state index contributed by atoms with van der Waals surface area (Å²) in [5.41, 5.74) is 1.17. The van der Waals surface area contributed by atoms with Crippen molar-refractivity contribution < 1.29 is 14.0 Å². The van der Waals surface area contributed by atoms with Crippen molar-refractivity contribution in [2.24, 2.45) is 0 Å². The van der Waals surface area contributed by atoms with Gasteiger partial charge in [-0.3, -0.25) is 9.59 Å². The summed E-state index contributed by atoms with van der Waals surface area (Å²) in [6.45, 7) is 4.07. The molecule has 140 valence electrons. The molecule has 2 aromatic rings. The van der Waals surface area contributed by atoms with Crippen LogP contribution in [0.25, 0.3) is 0 Å². The van der Waals surface area contributed by atoms with Gasteiger partial charge in [0.2, 0.25) is 11.8 Å². The van der Waals surface area contributed by atoms with Crippen LogP contribution in [0.1, 0.15) is 12.0 Å². The van der Waals surface area contributed by atoms with Crippen molar-refractivity contribution in [3.63, 3.8) is 0 Å². The SMILES string of the molecule is C=CCN(Cc1cc(Br)ccc1F)C(=O)CC1Sc2ccccc2NC1=O. The molecule has 7 heteroatoms. The van der Waals surface area contributed by atoms with Crippen molar-refractivity contribution in [2.45, 2.75) is 23.1 Å². The van der Waals surface area contributed by atoms with Crippen LogP contribution >= 0.6 is 27.7 Å². The zero-order valence-electron chi connectivity index (χ0n) is 14.5. The topological polar surface area (TPSA) is 49.4 Å². The lowest BCUT2D eigenvalue weighted by Crippen LogP contribution is -2.37. The van der Waals surface area contributed by atoms with E-state index >= 15 is 0 Å². The molecule has 1 aliphatic rings. The van der Waals surface area contributed by atoms with Crippen molar-refractivity contribution >= 4 is 45.2 Å². The Kier molecular flexibility index (Phi) is 6.34. The molecule has 1 aliphatic heterocycles. The minimum atomic E-state index is -0.521. The van der Waals surface area contributed by atoms with Crippen molar-refractivity contribution in [3.05, 3.63) is 71.0 Å². The number of anilines is 1. The molecule has 1 N–H and O–H groups in total. The monoisotopic (exact) mass is 448 g/mol. The van der Waals surface area contributed by atoms with Crippen LogP contribution in [-0.2, 0) is 16.1 Å². The molecule has 3 rings (SSSR count). The molecule has 1 atom stereocenters. The van der Waals surface area contributed by atoms with Crippen LogP contribution in [0, 0.1) is 5.82 Å². The summed E-state index contributed by atoms with van der Waals surface area (Å²) in [7, 11) is 0. The second-order valence-corrected chi connectivity index (χ2v) is 8.25. The van der Waals surface area contributed by atoms with E-state index in [9.17, 15) is 14.0 Å². The Labute approximate surface area is 170 Å². The second-order valence-electron chi connectivity index (χ2n) is 6.09. The predicted molar refractivity (Wildman–Crippen MR) is 109 cm³/mol. The van der Waals surface area contributed by atoms with Crippen LogP contribution in [-0.4, -0.2) is 28.5 Å². The minimum Gasteiger partial charge on any atom is -0.335 e. The first kappa shape index (κ1) is 19.6. The molecular formula is C20H18BrFN2O2S. The largest absolute Gasteiger partial charge is 0.335 e. The number of amides is 2. The van der Waals surface area contributed by atoms with Gasteiger partial charge in [0.1, 0.15) is 5.82 Å². The first-order valence-corrected chi connectivity index (χ1v) is 10.0. The van der Waals surface area contributed by atoms with Crippen molar-refractivity contribution in [3.8, 4) is 0 Å². The lowest BCUT2D eigenvalue weighted by Gasteiger charge is -2.27. The van der Waals surface area contributed by atoms with Gasteiger partial charge in [-0.15, -0.1) is 18.3 Å². The summed E-state index contributed by atoms with van der Waals surface area (Å²) in [5.74, 6) is -0.792. The fourth-order valence-corrected chi connectivity index (χ4v) is 4.31. The van der Waals surface area contributed by atoms with Crippen molar-refractivity contribution in [2.75, 3.05) is 11.9 Å². The molecule has 2 amide bonds. The molecule has 0 spiro atoms. The van der Waals surface area contributed by atoms with Crippen molar-refractivity contribution in [1.82, 2.24) is 4.90 Å². The van der Waals surface area contributed by atoms with Gasteiger partial charge in [-0.1, -0.05) is 34.1 Å². The standard InChI is InChI=1S/C20H18BrFN2O2S/c1-2-9-24(12-13-10-14(21)7-8-15(13)22)19(25)11-18-20(26)23-16-5-3-4-6-17(16)27-18/h2-8,10,18H,1,9,11-12H2,(H,23,26). The van der Waals surface area contributed by atoms with E-state index in [0.29, 0.717) is 5.56 Å². The van der Waals surface area contributed by atoms with Gasteiger partial charge < -0.3 is 10.2 Å². The highest BCUT2D eigenvalue weighted by Gasteiger charge is 2.30. The second kappa shape index (κ2) is 8.71. The van der Waals surface area contributed by atoms with E-state index in [4.69, 9.17) is 0 Å². The number of fused-ring (bicyclic) bond motifs is 1. The van der Waals surface area contributed by atoms with Crippen LogP contribution in [0.15, 0.2) is 64.5 Å². The summed E-state index contributed by atoms with van der Waals surface area (Å²) in [6, 6.07) is 12.1. The fourth-order valence-electron chi connectivity index (χ4n) is 2.80. The number of carbonyl (C=O) groups excluding carboxylic acids is 2. The molecule has 0 aromatic heterocycles. The smallest absolute Gasteiger partial charge is 0.238 e. The van der Waals surface area contributed by atoms with Crippen molar-refractivity contribution in [1.29, 1.82) is 0 Å². The third kappa shape index (κ3) is 4.78. The van der Waals surface area contributed by atoms with Crippen LogP contribution in [0.2, 0.25) is 0 Å². The van der Waals surface area contributed by atoms with E-state index < -0.39 is 5.25 Å². The predicted octanol–water partition coefficient (Wildman–Crippen LogP) is 4.61. The van der Waals surface area contributed by atoms with E-state index in [1.54, 1.807) is 18.2 Å². The van der Waals surface area contributed by atoms with Crippen LogP contribution < -0.4 is 5.32 Å². The molecule has 0 radical (unpaired) electrons. The number of benzene rings is 2. The summed E-state index contributed by atoms with van der Waals surface area (Å²) in [5, 5.41) is 2.31. The van der Waals surface area contributed by atoms with E-state index in [0.717, 1.165) is 15.1 Å². The minimum absolute atomic E-state index is 0.0360. The maximum absolute atomic E-state index is 14.1. The number of rotatable bonds is 6. The Bertz CT molecular complexity index is 890. The molecule has 0 fully saturated rings. The van der Waals surface area contributed by atoms with Gasteiger partial charge in [0, 0.05) is 34.4 Å². The Morgan fingerprint density at radius 1 is 1.33 bits per heavy atom. The number of para-hydroxylation sites is 1. The molecule has 2 aromatic carbocycles. The molecular weight excluding hydrogens is 431 g/mol. The van der Waals surface area contributed by atoms with Gasteiger partial charge in [-0.25, -0.2) is 4.39 Å². The summed E-state index contributed by atoms with van der Waals surface area (Å²) in [6.07, 6.45) is 1.63. The highest BCUT2D eigenvalue weighted by atomic mass is 79.9. The normalized spacial score (nSPS) is 15.6. The fraction of sp³-hybridized carbons (Fsp3) is 0.200. The third-order valence-corrected chi connectivity index (χ3v) is 5.91. The Balaban J connectivity index is 1.73. The number of hydrogen-bond donors (Lipinski definition) is 1. The van der Waals surface area contributed by atoms with E-state index in [-0.39, 0.29) is 37.1 Å². The summed E-state index contributed by atoms with van der Waals surface area (Å²) < 4.78 is 14.8. The quantitative estimate of drug-likeness (QED) is 0.656. The van der Waals surface area contributed by atoms with Crippen LogP contribution in [0.5, 0.6) is 0 Å². The maximum atomic E-state index is 14.1. The zero-order chi connectivity index (χ0) is 19.4. The number of halogens is 2. The molecule has 1 unspecified atom stereocenters. The molecule has 1 heterocycles. The van der Waals surface area contributed by atoms with Gasteiger partial charge in [0.25, 0.3) is 0 Å². The summed E-state index contributed by atoms with van der Waals surface area (Å²) >= 11 is 4.69. The molecule has 0 saturated carbocycles. The van der Waals surface area contributed by atoms with E-state index in [2.05, 4.69) is 27.8 Å². The molecule has 0 saturated heterocycles. The Morgan fingerprint density at radius 2 is 2.11 bits per heavy atom.